The Bertz CT molecular complexity index is 213. The summed E-state index contributed by atoms with van der Waals surface area (Å²) in [7, 11) is 0. The maximum atomic E-state index is 11.5. The highest BCUT2D eigenvalue weighted by molar-refractivity contribution is 5.79. The van der Waals surface area contributed by atoms with E-state index in [0.29, 0.717) is 12.6 Å². The molecule has 1 heterocycles. The van der Waals surface area contributed by atoms with E-state index in [-0.39, 0.29) is 12.6 Å². The summed E-state index contributed by atoms with van der Waals surface area (Å²) >= 11 is 0. The second-order valence-corrected chi connectivity index (χ2v) is 3.32. The van der Waals surface area contributed by atoms with Crippen molar-refractivity contribution in [2.75, 3.05) is 19.6 Å². The molecule has 1 saturated carbocycles. The number of amides is 2. The fraction of sp³-hybridized carbons (Fsp3) is 0.750. The first kappa shape index (κ1) is 7.58. The van der Waals surface area contributed by atoms with Gasteiger partial charge < -0.3 is 14.6 Å². The summed E-state index contributed by atoms with van der Waals surface area (Å²) in [5, 5.41) is 0. The third-order valence-corrected chi connectivity index (χ3v) is 2.41. The predicted octanol–water partition coefficient (Wildman–Crippen LogP) is 0.0853. The van der Waals surface area contributed by atoms with Crippen molar-refractivity contribution in [1.82, 2.24) is 9.80 Å². The normalized spacial score (nSPS) is 23.5. The monoisotopic (exact) mass is 168 g/mol. The van der Waals surface area contributed by atoms with Crippen molar-refractivity contribution in [2.24, 2.45) is 0 Å². The van der Waals surface area contributed by atoms with Crippen molar-refractivity contribution in [3.05, 3.63) is 0 Å². The SMILES string of the molecule is O=CCN1CCN(C2CC2)C1=O. The Hall–Kier alpha value is -1.06. The first-order valence-corrected chi connectivity index (χ1v) is 4.32. The van der Waals surface area contributed by atoms with Crippen LogP contribution in [0.15, 0.2) is 0 Å². The van der Waals surface area contributed by atoms with E-state index in [2.05, 4.69) is 0 Å². The Kier molecular flexibility index (Phi) is 1.75. The number of urea groups is 1. The van der Waals surface area contributed by atoms with Crippen molar-refractivity contribution < 1.29 is 9.59 Å². The zero-order valence-electron chi connectivity index (χ0n) is 6.90. The minimum absolute atomic E-state index is 0.0459. The molecule has 0 bridgehead atoms. The van der Waals surface area contributed by atoms with Crippen LogP contribution in [0, 0.1) is 0 Å². The van der Waals surface area contributed by atoms with E-state index < -0.39 is 0 Å². The molecule has 0 radical (unpaired) electrons. The maximum absolute atomic E-state index is 11.5. The van der Waals surface area contributed by atoms with Crippen LogP contribution in [0.1, 0.15) is 12.8 Å². The average Bonchev–Trinajstić information content (AvgIpc) is 2.82. The molecule has 1 saturated heterocycles. The number of carbonyl (C=O) groups excluding carboxylic acids is 2. The van der Waals surface area contributed by atoms with Gasteiger partial charge in [0.05, 0.1) is 6.54 Å². The minimum atomic E-state index is 0.0459. The lowest BCUT2D eigenvalue weighted by Crippen LogP contribution is -2.34. The van der Waals surface area contributed by atoms with Crippen LogP contribution in [-0.4, -0.2) is 47.8 Å². The zero-order valence-corrected chi connectivity index (χ0v) is 6.90. The molecule has 4 heteroatoms. The molecule has 2 aliphatic rings. The van der Waals surface area contributed by atoms with Crippen molar-refractivity contribution in [3.8, 4) is 0 Å². The van der Waals surface area contributed by atoms with Crippen LogP contribution in [0.5, 0.6) is 0 Å². The van der Waals surface area contributed by atoms with Gasteiger partial charge in [-0.25, -0.2) is 4.79 Å². The molecule has 0 aromatic heterocycles. The summed E-state index contributed by atoms with van der Waals surface area (Å²) in [6, 6.07) is 0.527. The second-order valence-electron chi connectivity index (χ2n) is 3.32. The van der Waals surface area contributed by atoms with E-state index in [1.807, 2.05) is 4.90 Å². The summed E-state index contributed by atoms with van der Waals surface area (Å²) in [6.45, 7) is 1.77. The summed E-state index contributed by atoms with van der Waals surface area (Å²) in [6.07, 6.45) is 3.07. The van der Waals surface area contributed by atoms with Gasteiger partial charge in [0, 0.05) is 19.1 Å². The standard InChI is InChI=1S/C8H12N2O2/c11-6-5-9-3-4-10(8(9)12)7-1-2-7/h6-7H,1-5H2. The van der Waals surface area contributed by atoms with E-state index in [1.165, 1.54) is 0 Å². The molecule has 12 heavy (non-hydrogen) atoms. The quantitative estimate of drug-likeness (QED) is 0.560. The van der Waals surface area contributed by atoms with E-state index in [1.54, 1.807) is 4.90 Å². The van der Waals surface area contributed by atoms with Crippen LogP contribution in [0.2, 0.25) is 0 Å². The van der Waals surface area contributed by atoms with E-state index in [4.69, 9.17) is 0 Å². The molecule has 2 amide bonds. The van der Waals surface area contributed by atoms with Gasteiger partial charge in [-0.3, -0.25) is 0 Å². The molecule has 0 aromatic carbocycles. The molecule has 66 valence electrons. The molecule has 0 aromatic rings. The Morgan fingerprint density at radius 1 is 1.42 bits per heavy atom. The lowest BCUT2D eigenvalue weighted by atomic mass is 10.5. The zero-order chi connectivity index (χ0) is 8.55. The molecule has 1 aliphatic carbocycles. The molecule has 0 N–H and O–H groups in total. The largest absolute Gasteiger partial charge is 0.320 e. The van der Waals surface area contributed by atoms with Crippen LogP contribution in [0.25, 0.3) is 0 Å². The van der Waals surface area contributed by atoms with Gasteiger partial charge in [-0.15, -0.1) is 0 Å². The lowest BCUT2D eigenvalue weighted by molar-refractivity contribution is -0.108. The number of nitrogens with zero attached hydrogens (tertiary/aromatic N) is 2. The molecule has 4 nitrogen and oxygen atoms in total. The van der Waals surface area contributed by atoms with Gasteiger partial charge in [0.25, 0.3) is 0 Å². The van der Waals surface area contributed by atoms with Crippen LogP contribution in [0.4, 0.5) is 4.79 Å². The Balaban J connectivity index is 1.95. The summed E-state index contributed by atoms with van der Waals surface area (Å²) in [5.41, 5.74) is 0. The van der Waals surface area contributed by atoms with E-state index >= 15 is 0 Å². The first-order valence-electron chi connectivity index (χ1n) is 4.32. The lowest BCUT2D eigenvalue weighted by Gasteiger charge is -2.15. The number of rotatable bonds is 3. The highest BCUT2D eigenvalue weighted by Crippen LogP contribution is 2.29. The Morgan fingerprint density at radius 2 is 2.17 bits per heavy atom. The number of carbonyl (C=O) groups is 2. The summed E-state index contributed by atoms with van der Waals surface area (Å²) in [5.74, 6) is 0. The molecule has 0 unspecified atom stereocenters. The number of hydrogen-bond acceptors (Lipinski definition) is 2. The fourth-order valence-electron chi connectivity index (χ4n) is 1.59. The number of hydrogen-bond donors (Lipinski definition) is 0. The summed E-state index contributed by atoms with van der Waals surface area (Å²) < 4.78 is 0. The van der Waals surface area contributed by atoms with E-state index in [0.717, 1.165) is 25.7 Å². The van der Waals surface area contributed by atoms with Crippen LogP contribution in [-0.2, 0) is 4.79 Å². The summed E-state index contributed by atoms with van der Waals surface area (Å²) in [4.78, 5) is 25.1. The third-order valence-electron chi connectivity index (χ3n) is 2.41. The van der Waals surface area contributed by atoms with Gasteiger partial charge >= 0.3 is 6.03 Å². The van der Waals surface area contributed by atoms with Crippen molar-refractivity contribution >= 4 is 12.3 Å². The molecule has 2 fully saturated rings. The molecule has 0 atom stereocenters. The van der Waals surface area contributed by atoms with Crippen LogP contribution >= 0.6 is 0 Å². The van der Waals surface area contributed by atoms with Gasteiger partial charge in [-0.1, -0.05) is 0 Å². The average molecular weight is 168 g/mol. The molecule has 0 spiro atoms. The molecular weight excluding hydrogens is 156 g/mol. The van der Waals surface area contributed by atoms with Gasteiger partial charge in [0.1, 0.15) is 6.29 Å². The van der Waals surface area contributed by atoms with E-state index in [9.17, 15) is 9.59 Å². The smallest absolute Gasteiger partial charge is 0.320 e. The Labute approximate surface area is 71.1 Å². The highest BCUT2D eigenvalue weighted by Gasteiger charge is 2.38. The predicted molar refractivity (Wildman–Crippen MR) is 42.8 cm³/mol. The van der Waals surface area contributed by atoms with Crippen molar-refractivity contribution in [1.29, 1.82) is 0 Å². The molecular formula is C8H12N2O2. The van der Waals surface area contributed by atoms with Gasteiger partial charge in [-0.05, 0) is 12.8 Å². The topological polar surface area (TPSA) is 40.6 Å². The third kappa shape index (κ3) is 1.17. The first-order chi connectivity index (χ1) is 5.83. The minimum Gasteiger partial charge on any atom is -0.320 e. The number of aldehydes is 1. The van der Waals surface area contributed by atoms with Crippen molar-refractivity contribution in [3.63, 3.8) is 0 Å². The molecule has 2 rings (SSSR count). The molecule has 1 aliphatic heterocycles. The maximum Gasteiger partial charge on any atom is 0.320 e. The fourth-order valence-corrected chi connectivity index (χ4v) is 1.59. The second kappa shape index (κ2) is 2.77. The van der Waals surface area contributed by atoms with Crippen molar-refractivity contribution in [2.45, 2.75) is 18.9 Å². The van der Waals surface area contributed by atoms with Gasteiger partial charge in [-0.2, -0.15) is 0 Å². The van der Waals surface area contributed by atoms with Crippen LogP contribution in [0.3, 0.4) is 0 Å². The van der Waals surface area contributed by atoms with Gasteiger partial charge in [0.15, 0.2) is 0 Å². The highest BCUT2D eigenvalue weighted by atomic mass is 16.2. The van der Waals surface area contributed by atoms with Gasteiger partial charge in [0.2, 0.25) is 0 Å². The Morgan fingerprint density at radius 3 is 2.75 bits per heavy atom. The van der Waals surface area contributed by atoms with Crippen LogP contribution < -0.4 is 0 Å².